The van der Waals surface area contributed by atoms with Gasteiger partial charge in [0.15, 0.2) is 0 Å². The van der Waals surface area contributed by atoms with Crippen molar-refractivity contribution in [1.29, 1.82) is 0 Å². The van der Waals surface area contributed by atoms with E-state index in [2.05, 4.69) is 241 Å². The fourth-order valence-corrected chi connectivity index (χ4v) is 8.57. The summed E-state index contributed by atoms with van der Waals surface area (Å²) < 4.78 is 6.95. The maximum atomic E-state index is 6.95. The average molecular weight is 766 g/mol. The van der Waals surface area contributed by atoms with Crippen LogP contribution in [0.5, 0.6) is 11.5 Å². The third kappa shape index (κ3) is 6.61. The highest BCUT2D eigenvalue weighted by atomic mass is 16.5. The summed E-state index contributed by atoms with van der Waals surface area (Å²) in [5, 5.41) is 2.35. The molecule has 0 aliphatic carbocycles. The molecule has 10 aromatic carbocycles. The molecule has 1 heterocycles. The van der Waals surface area contributed by atoms with E-state index in [1.807, 2.05) is 0 Å². The van der Waals surface area contributed by atoms with Crippen molar-refractivity contribution in [1.82, 2.24) is 0 Å². The molecule has 282 valence electrons. The van der Waals surface area contributed by atoms with E-state index in [9.17, 15) is 0 Å². The smallest absolute Gasteiger partial charge is 0.135 e. The van der Waals surface area contributed by atoms with E-state index in [-0.39, 0.29) is 0 Å². The average Bonchev–Trinajstić information content (AvgIpc) is 3.45. The number of hydrogen-bond acceptors (Lipinski definition) is 2. The Bertz CT molecular complexity index is 3040. The van der Waals surface area contributed by atoms with Crippen molar-refractivity contribution in [2.75, 3.05) is 4.90 Å². The van der Waals surface area contributed by atoms with E-state index < -0.39 is 0 Å². The minimum absolute atomic E-state index is 0.843. The molecule has 0 unspecified atom stereocenters. The van der Waals surface area contributed by atoms with Crippen LogP contribution in [0.1, 0.15) is 0 Å². The lowest BCUT2D eigenvalue weighted by Gasteiger charge is -2.26. The number of ether oxygens (including phenoxy) is 1. The SMILES string of the molecule is c1ccc(-c2ccc(N(c3ccc(-c4ccccc4)cc3)c3ccc(-c4ccc5c(c4)Oc4cc6ccccc6cc4-c4ccc(-c6ccccc6)cc4-5)cc3)cc2)cc1. The molecule has 0 radical (unpaired) electrons. The lowest BCUT2D eigenvalue weighted by Crippen LogP contribution is -2.09. The Morgan fingerprint density at radius 2 is 0.600 bits per heavy atom. The van der Waals surface area contributed by atoms with Gasteiger partial charge in [0.1, 0.15) is 11.5 Å². The van der Waals surface area contributed by atoms with Crippen LogP contribution < -0.4 is 9.64 Å². The summed E-state index contributed by atoms with van der Waals surface area (Å²) in [4.78, 5) is 2.33. The molecule has 10 aromatic rings. The number of benzene rings is 10. The molecular weight excluding hydrogens is 727 g/mol. The molecule has 0 N–H and O–H groups in total. The van der Waals surface area contributed by atoms with Crippen LogP contribution in [0.4, 0.5) is 17.1 Å². The van der Waals surface area contributed by atoms with Crippen molar-refractivity contribution >= 4 is 27.8 Å². The maximum Gasteiger partial charge on any atom is 0.135 e. The normalized spacial score (nSPS) is 11.5. The fourth-order valence-electron chi connectivity index (χ4n) is 8.57. The molecule has 0 saturated heterocycles. The highest BCUT2D eigenvalue weighted by Gasteiger charge is 2.23. The number of fused-ring (bicyclic) bond motifs is 6. The first-order valence-corrected chi connectivity index (χ1v) is 20.5. The number of nitrogens with zero attached hydrogens (tertiary/aromatic N) is 1. The molecule has 0 bridgehead atoms. The van der Waals surface area contributed by atoms with Gasteiger partial charge in [-0.25, -0.2) is 0 Å². The van der Waals surface area contributed by atoms with Crippen molar-refractivity contribution in [3.63, 3.8) is 0 Å². The highest BCUT2D eigenvalue weighted by Crippen LogP contribution is 2.50. The maximum absolute atomic E-state index is 6.95. The number of hydrogen-bond donors (Lipinski definition) is 0. The van der Waals surface area contributed by atoms with Gasteiger partial charge in [-0.3, -0.25) is 0 Å². The summed E-state index contributed by atoms with van der Waals surface area (Å²) in [6, 6.07) is 84.7. The minimum atomic E-state index is 0.843. The Labute approximate surface area is 350 Å². The summed E-state index contributed by atoms with van der Waals surface area (Å²) in [5.41, 5.74) is 17.1. The largest absolute Gasteiger partial charge is 0.456 e. The second-order valence-corrected chi connectivity index (χ2v) is 15.3. The summed E-state index contributed by atoms with van der Waals surface area (Å²) in [7, 11) is 0. The Balaban J connectivity index is 0.982. The predicted octanol–water partition coefficient (Wildman–Crippen LogP) is 16.4. The molecule has 11 rings (SSSR count). The molecule has 2 heteroatoms. The highest BCUT2D eigenvalue weighted by molar-refractivity contribution is 5.98. The van der Waals surface area contributed by atoms with Crippen LogP contribution in [-0.4, -0.2) is 0 Å². The standard InChI is InChI=1S/C58H39NO/c1-4-12-40(13-5-1)43-20-28-50(29-21-43)59(51-30-22-44(23-31-51)41-14-6-2-7-15-41)52-32-24-45(25-33-52)49-27-35-54-55-36-48(42-16-8-3-9-17-42)26-34-53(55)56-37-46-18-10-11-19-47(46)38-58(56)60-57(54)39-49/h1-39H. The second-order valence-electron chi connectivity index (χ2n) is 15.3. The first kappa shape index (κ1) is 35.2. The van der Waals surface area contributed by atoms with E-state index in [4.69, 9.17) is 4.74 Å². The third-order valence-electron chi connectivity index (χ3n) is 11.7. The second kappa shape index (κ2) is 15.1. The third-order valence-corrected chi connectivity index (χ3v) is 11.7. The van der Waals surface area contributed by atoms with Gasteiger partial charge in [0.2, 0.25) is 0 Å². The van der Waals surface area contributed by atoms with Gasteiger partial charge in [-0.05, 0) is 133 Å². The Morgan fingerprint density at radius 1 is 0.233 bits per heavy atom. The van der Waals surface area contributed by atoms with Crippen molar-refractivity contribution in [2.45, 2.75) is 0 Å². The van der Waals surface area contributed by atoms with Gasteiger partial charge < -0.3 is 9.64 Å². The van der Waals surface area contributed by atoms with E-state index >= 15 is 0 Å². The van der Waals surface area contributed by atoms with Gasteiger partial charge in [0.05, 0.1) is 0 Å². The van der Waals surface area contributed by atoms with Gasteiger partial charge in [-0.1, -0.05) is 170 Å². The van der Waals surface area contributed by atoms with Crippen LogP contribution in [0.2, 0.25) is 0 Å². The van der Waals surface area contributed by atoms with Crippen LogP contribution in [0.25, 0.3) is 77.5 Å². The van der Waals surface area contributed by atoms with Gasteiger partial charge in [-0.2, -0.15) is 0 Å². The lowest BCUT2D eigenvalue weighted by molar-refractivity contribution is 0.488. The van der Waals surface area contributed by atoms with Crippen LogP contribution in [0, 0.1) is 0 Å². The molecule has 1 aliphatic rings. The summed E-state index contributed by atoms with van der Waals surface area (Å²) in [6.45, 7) is 0. The lowest BCUT2D eigenvalue weighted by atomic mass is 9.89. The Hall–Kier alpha value is -7.94. The van der Waals surface area contributed by atoms with Crippen molar-refractivity contribution in [2.24, 2.45) is 0 Å². The van der Waals surface area contributed by atoms with Crippen molar-refractivity contribution < 1.29 is 4.74 Å². The Kier molecular flexibility index (Phi) is 8.87. The molecule has 0 aromatic heterocycles. The van der Waals surface area contributed by atoms with Gasteiger partial charge in [0, 0.05) is 28.2 Å². The van der Waals surface area contributed by atoms with E-state index in [0.29, 0.717) is 0 Å². The van der Waals surface area contributed by atoms with Crippen LogP contribution in [-0.2, 0) is 0 Å². The van der Waals surface area contributed by atoms with Crippen molar-refractivity contribution in [3.05, 3.63) is 237 Å². The fraction of sp³-hybridized carbons (Fsp3) is 0. The zero-order valence-electron chi connectivity index (χ0n) is 32.9. The number of rotatable bonds is 7. The van der Waals surface area contributed by atoms with Gasteiger partial charge in [-0.15, -0.1) is 0 Å². The first-order valence-electron chi connectivity index (χ1n) is 20.5. The number of anilines is 3. The molecule has 0 atom stereocenters. The van der Waals surface area contributed by atoms with E-state index in [1.54, 1.807) is 0 Å². The molecule has 0 amide bonds. The zero-order chi connectivity index (χ0) is 39.8. The van der Waals surface area contributed by atoms with Crippen LogP contribution in [0.15, 0.2) is 237 Å². The molecule has 0 saturated carbocycles. The summed E-state index contributed by atoms with van der Waals surface area (Å²) in [6.07, 6.45) is 0. The molecule has 2 nitrogen and oxygen atoms in total. The van der Waals surface area contributed by atoms with Gasteiger partial charge >= 0.3 is 0 Å². The quantitative estimate of drug-likeness (QED) is 0.160. The summed E-state index contributed by atoms with van der Waals surface area (Å²) in [5.74, 6) is 1.71. The van der Waals surface area contributed by atoms with Gasteiger partial charge in [0.25, 0.3) is 0 Å². The summed E-state index contributed by atoms with van der Waals surface area (Å²) >= 11 is 0. The molecule has 0 fully saturated rings. The first-order chi connectivity index (χ1) is 29.7. The molecular formula is C58H39NO. The molecule has 0 spiro atoms. The molecule has 60 heavy (non-hydrogen) atoms. The van der Waals surface area contributed by atoms with Crippen LogP contribution in [0.3, 0.4) is 0 Å². The van der Waals surface area contributed by atoms with E-state index in [1.165, 1.54) is 44.3 Å². The van der Waals surface area contributed by atoms with E-state index in [0.717, 1.165) is 61.8 Å². The molecule has 1 aliphatic heterocycles. The zero-order valence-corrected chi connectivity index (χ0v) is 32.9. The topological polar surface area (TPSA) is 12.5 Å². The van der Waals surface area contributed by atoms with Crippen molar-refractivity contribution in [3.8, 4) is 78.3 Å². The minimum Gasteiger partial charge on any atom is -0.456 e. The monoisotopic (exact) mass is 765 g/mol. The van der Waals surface area contributed by atoms with Crippen LogP contribution >= 0.6 is 0 Å². The Morgan fingerprint density at radius 3 is 1.12 bits per heavy atom. The predicted molar refractivity (Wildman–Crippen MR) is 251 cm³/mol.